The van der Waals surface area contributed by atoms with E-state index in [2.05, 4.69) is 53.8 Å². The summed E-state index contributed by atoms with van der Waals surface area (Å²) in [6.07, 6.45) is 2.49. The van der Waals surface area contributed by atoms with E-state index < -0.39 is 0 Å². The van der Waals surface area contributed by atoms with Crippen LogP contribution in [0.2, 0.25) is 0 Å². The number of amides is 1. The normalized spacial score (nSPS) is 16.2. The Morgan fingerprint density at radius 1 is 1.00 bits per heavy atom. The molecule has 0 radical (unpaired) electrons. The molecule has 1 saturated heterocycles. The van der Waals surface area contributed by atoms with E-state index in [0.29, 0.717) is 13.0 Å². The summed E-state index contributed by atoms with van der Waals surface area (Å²) in [6.45, 7) is 2.22. The van der Waals surface area contributed by atoms with Gasteiger partial charge in [0, 0.05) is 43.1 Å². The van der Waals surface area contributed by atoms with Gasteiger partial charge in [0.25, 0.3) is 0 Å². The van der Waals surface area contributed by atoms with Crippen molar-refractivity contribution in [3.05, 3.63) is 71.8 Å². The van der Waals surface area contributed by atoms with Gasteiger partial charge in [-0.2, -0.15) is 11.8 Å². The van der Waals surface area contributed by atoms with Crippen LogP contribution in [0.25, 0.3) is 0 Å². The summed E-state index contributed by atoms with van der Waals surface area (Å²) in [7, 11) is 0. The Kier molecular flexibility index (Phi) is 7.15. The molecule has 0 bridgehead atoms. The Labute approximate surface area is 160 Å². The molecule has 2 aromatic carbocycles. The summed E-state index contributed by atoms with van der Waals surface area (Å²) in [6, 6.07) is 20.9. The average molecular weight is 370 g/mol. The minimum absolute atomic E-state index is 0.00630. The lowest BCUT2D eigenvalue weighted by molar-refractivity contribution is -0.121. The molecule has 1 aliphatic heterocycles. The molecule has 4 heteroatoms. The number of ether oxygens (including phenoxy) is 1. The van der Waals surface area contributed by atoms with Crippen LogP contribution in [0, 0.1) is 0 Å². The second-order valence-corrected chi connectivity index (χ2v) is 7.93. The fourth-order valence-corrected chi connectivity index (χ4v) is 4.31. The van der Waals surface area contributed by atoms with Crippen LogP contribution >= 0.6 is 11.8 Å². The molecule has 0 unspecified atom stereocenters. The number of hydrogen-bond donors (Lipinski definition) is 1. The van der Waals surface area contributed by atoms with Gasteiger partial charge in [0.2, 0.25) is 5.91 Å². The third kappa shape index (κ3) is 5.36. The van der Waals surface area contributed by atoms with E-state index in [0.717, 1.165) is 37.6 Å². The molecule has 0 atom stereocenters. The molecule has 2 aromatic rings. The molecule has 0 aromatic heterocycles. The molecule has 0 saturated carbocycles. The number of benzene rings is 2. The van der Waals surface area contributed by atoms with Gasteiger partial charge in [0.15, 0.2) is 0 Å². The summed E-state index contributed by atoms with van der Waals surface area (Å²) in [5.74, 6) is 1.95. The van der Waals surface area contributed by atoms with Crippen molar-refractivity contribution in [1.29, 1.82) is 0 Å². The summed E-state index contributed by atoms with van der Waals surface area (Å²) in [4.78, 5) is 12.3. The van der Waals surface area contributed by atoms with Crippen molar-refractivity contribution < 1.29 is 9.53 Å². The molecule has 0 spiro atoms. The fourth-order valence-electron chi connectivity index (χ4n) is 3.41. The van der Waals surface area contributed by atoms with Gasteiger partial charge in [-0.25, -0.2) is 0 Å². The van der Waals surface area contributed by atoms with Crippen LogP contribution in [-0.4, -0.2) is 31.4 Å². The lowest BCUT2D eigenvalue weighted by atomic mass is 9.74. The van der Waals surface area contributed by atoms with E-state index in [1.54, 1.807) is 0 Å². The van der Waals surface area contributed by atoms with Gasteiger partial charge < -0.3 is 10.1 Å². The van der Waals surface area contributed by atoms with Crippen molar-refractivity contribution in [3.63, 3.8) is 0 Å². The molecule has 138 valence electrons. The summed E-state index contributed by atoms with van der Waals surface area (Å²) in [5, 5.41) is 3.18. The van der Waals surface area contributed by atoms with Gasteiger partial charge >= 0.3 is 0 Å². The highest BCUT2D eigenvalue weighted by Crippen LogP contribution is 2.34. The molecule has 3 nitrogen and oxygen atoms in total. The highest BCUT2D eigenvalue weighted by Gasteiger charge is 2.34. The number of hydrogen-bond acceptors (Lipinski definition) is 3. The maximum atomic E-state index is 12.3. The van der Waals surface area contributed by atoms with E-state index in [1.807, 2.05) is 23.9 Å². The molecular formula is C22H27NO2S. The van der Waals surface area contributed by atoms with Gasteiger partial charge in [-0.05, 0) is 24.0 Å². The smallest absolute Gasteiger partial charge is 0.220 e. The van der Waals surface area contributed by atoms with Crippen LogP contribution < -0.4 is 5.32 Å². The first-order valence-electron chi connectivity index (χ1n) is 9.30. The predicted molar refractivity (Wildman–Crippen MR) is 108 cm³/mol. The molecule has 3 rings (SSSR count). The van der Waals surface area contributed by atoms with Crippen LogP contribution in [0.3, 0.4) is 0 Å². The van der Waals surface area contributed by atoms with Crippen molar-refractivity contribution in [2.45, 2.75) is 30.4 Å². The molecule has 1 fully saturated rings. The first-order chi connectivity index (χ1) is 12.8. The lowest BCUT2D eigenvalue weighted by Gasteiger charge is -2.38. The Balaban J connectivity index is 1.46. The van der Waals surface area contributed by atoms with Gasteiger partial charge in [-0.1, -0.05) is 60.7 Å². The topological polar surface area (TPSA) is 38.3 Å². The van der Waals surface area contributed by atoms with Crippen molar-refractivity contribution in [2.24, 2.45) is 0 Å². The number of nitrogens with one attached hydrogen (secondary N) is 1. The number of carbonyl (C=O) groups is 1. The average Bonchev–Trinajstić information content (AvgIpc) is 2.72. The van der Waals surface area contributed by atoms with Crippen LogP contribution in [-0.2, 0) is 20.7 Å². The maximum absolute atomic E-state index is 12.3. The van der Waals surface area contributed by atoms with Crippen molar-refractivity contribution in [1.82, 2.24) is 5.32 Å². The number of rotatable bonds is 8. The van der Waals surface area contributed by atoms with Gasteiger partial charge in [0.05, 0.1) is 0 Å². The molecule has 1 N–H and O–H groups in total. The monoisotopic (exact) mass is 369 g/mol. The maximum Gasteiger partial charge on any atom is 0.220 e. The largest absolute Gasteiger partial charge is 0.381 e. The third-order valence-corrected chi connectivity index (χ3v) is 6.08. The molecule has 0 aliphatic carbocycles. The predicted octanol–water partition coefficient (Wildman–Crippen LogP) is 4.17. The summed E-state index contributed by atoms with van der Waals surface area (Å²) >= 11 is 1.81. The van der Waals surface area contributed by atoms with E-state index in [9.17, 15) is 4.79 Å². The standard InChI is InChI=1S/C22H27NO2S/c24-21(11-16-26-17-19-7-3-1-4-8-19)23-18-22(12-14-25-15-13-22)20-9-5-2-6-10-20/h1-10H,11-18H2,(H,23,24). The first-order valence-corrected chi connectivity index (χ1v) is 10.5. The number of carbonyl (C=O) groups excluding carboxylic acids is 1. The second-order valence-electron chi connectivity index (χ2n) is 6.82. The van der Waals surface area contributed by atoms with Gasteiger partial charge in [-0.3, -0.25) is 4.79 Å². The Morgan fingerprint density at radius 3 is 2.35 bits per heavy atom. The van der Waals surface area contributed by atoms with Crippen molar-refractivity contribution >= 4 is 17.7 Å². The Hall–Kier alpha value is -1.78. The number of thioether (sulfide) groups is 1. The quantitative estimate of drug-likeness (QED) is 0.710. The Bertz CT molecular complexity index is 669. The van der Waals surface area contributed by atoms with Crippen LogP contribution in [0.1, 0.15) is 30.4 Å². The zero-order valence-corrected chi connectivity index (χ0v) is 16.0. The van der Waals surface area contributed by atoms with E-state index in [4.69, 9.17) is 4.74 Å². The minimum Gasteiger partial charge on any atom is -0.381 e. The molecule has 1 amide bonds. The summed E-state index contributed by atoms with van der Waals surface area (Å²) in [5.41, 5.74) is 2.62. The highest BCUT2D eigenvalue weighted by molar-refractivity contribution is 7.98. The van der Waals surface area contributed by atoms with Crippen molar-refractivity contribution in [2.75, 3.05) is 25.5 Å². The second kappa shape index (κ2) is 9.79. The van der Waals surface area contributed by atoms with Crippen LogP contribution in [0.5, 0.6) is 0 Å². The minimum atomic E-state index is 0.00630. The van der Waals surface area contributed by atoms with Crippen LogP contribution in [0.15, 0.2) is 60.7 Å². The van der Waals surface area contributed by atoms with Crippen molar-refractivity contribution in [3.8, 4) is 0 Å². The molecule has 1 aliphatic rings. The Morgan fingerprint density at radius 2 is 1.65 bits per heavy atom. The highest BCUT2D eigenvalue weighted by atomic mass is 32.2. The van der Waals surface area contributed by atoms with E-state index in [1.165, 1.54) is 11.1 Å². The molecule has 1 heterocycles. The van der Waals surface area contributed by atoms with Gasteiger partial charge in [0.1, 0.15) is 0 Å². The SMILES string of the molecule is O=C(CCSCc1ccccc1)NCC1(c2ccccc2)CCOCC1. The fraction of sp³-hybridized carbons (Fsp3) is 0.409. The van der Waals surface area contributed by atoms with E-state index in [-0.39, 0.29) is 11.3 Å². The van der Waals surface area contributed by atoms with Crippen LogP contribution in [0.4, 0.5) is 0 Å². The molecule has 26 heavy (non-hydrogen) atoms. The zero-order valence-electron chi connectivity index (χ0n) is 15.2. The van der Waals surface area contributed by atoms with Gasteiger partial charge in [-0.15, -0.1) is 0 Å². The first kappa shape index (κ1) is 19.0. The summed E-state index contributed by atoms with van der Waals surface area (Å²) < 4.78 is 5.56. The molecular weight excluding hydrogens is 342 g/mol. The zero-order chi connectivity index (χ0) is 18.1. The lowest BCUT2D eigenvalue weighted by Crippen LogP contribution is -2.44. The van der Waals surface area contributed by atoms with E-state index >= 15 is 0 Å². The third-order valence-electron chi connectivity index (χ3n) is 5.05.